The van der Waals surface area contributed by atoms with Gasteiger partial charge in [0.25, 0.3) is 11.7 Å². The van der Waals surface area contributed by atoms with Crippen LogP contribution in [0.4, 0.5) is 0 Å². The molecule has 2 heterocycles. The number of aromatic nitrogens is 1. The average molecular weight is 394 g/mol. The van der Waals surface area contributed by atoms with Crippen molar-refractivity contribution in [1.82, 2.24) is 9.88 Å². The number of nitrogens with zero attached hydrogens (tertiary/aromatic N) is 2. The van der Waals surface area contributed by atoms with Crippen LogP contribution in [-0.4, -0.2) is 53.5 Å². The molecule has 7 nitrogen and oxygen atoms in total. The van der Waals surface area contributed by atoms with E-state index in [1.54, 1.807) is 54.9 Å². The zero-order valence-electron chi connectivity index (χ0n) is 16.1. The molecule has 7 heteroatoms. The summed E-state index contributed by atoms with van der Waals surface area (Å²) >= 11 is 0. The number of benzene rings is 1. The molecule has 1 saturated heterocycles. The number of aliphatic hydroxyl groups excluding tert-OH is 1. The fraction of sp³-hybridized carbons (Fsp3) is 0.227. The van der Waals surface area contributed by atoms with Crippen molar-refractivity contribution in [1.29, 1.82) is 0 Å². The minimum absolute atomic E-state index is 0.0389. The van der Waals surface area contributed by atoms with Crippen LogP contribution in [0.5, 0.6) is 5.75 Å². The van der Waals surface area contributed by atoms with Gasteiger partial charge in [0.15, 0.2) is 0 Å². The molecule has 0 aliphatic carbocycles. The van der Waals surface area contributed by atoms with E-state index in [9.17, 15) is 14.7 Å². The number of ether oxygens (including phenoxy) is 2. The second-order valence-corrected chi connectivity index (χ2v) is 6.39. The highest BCUT2D eigenvalue weighted by Gasteiger charge is 2.45. The summed E-state index contributed by atoms with van der Waals surface area (Å²) in [7, 11) is 1.52. The molecule has 150 valence electrons. The van der Waals surface area contributed by atoms with Gasteiger partial charge in [-0.25, -0.2) is 0 Å². The number of likely N-dealkylation sites (tertiary alicyclic amines) is 1. The van der Waals surface area contributed by atoms with Gasteiger partial charge in [0.05, 0.1) is 18.2 Å². The summed E-state index contributed by atoms with van der Waals surface area (Å²) in [6.45, 7) is 4.44. The normalized spacial score (nSPS) is 18.1. The van der Waals surface area contributed by atoms with Crippen molar-refractivity contribution in [2.45, 2.75) is 6.04 Å². The number of carbonyl (C=O) groups excluding carboxylic acids is 2. The van der Waals surface area contributed by atoms with Gasteiger partial charge < -0.3 is 19.5 Å². The van der Waals surface area contributed by atoms with Gasteiger partial charge >= 0.3 is 0 Å². The van der Waals surface area contributed by atoms with Crippen LogP contribution < -0.4 is 4.74 Å². The quantitative estimate of drug-likeness (QED) is 0.321. The molecule has 0 spiro atoms. The first-order chi connectivity index (χ1) is 14.1. The molecule has 1 amide bonds. The van der Waals surface area contributed by atoms with Gasteiger partial charge in [-0.15, -0.1) is 0 Å². The maximum absolute atomic E-state index is 12.8. The number of methoxy groups -OCH3 is 1. The topological polar surface area (TPSA) is 89.0 Å². The van der Waals surface area contributed by atoms with Gasteiger partial charge in [-0.05, 0) is 42.0 Å². The predicted octanol–water partition coefficient (Wildman–Crippen LogP) is 2.71. The van der Waals surface area contributed by atoms with E-state index in [0.29, 0.717) is 23.5 Å². The Balaban J connectivity index is 2.04. The first-order valence-corrected chi connectivity index (χ1v) is 9.10. The molecule has 1 aromatic carbocycles. The van der Waals surface area contributed by atoms with E-state index in [2.05, 4.69) is 11.6 Å². The lowest BCUT2D eigenvalue weighted by atomic mass is 9.96. The van der Waals surface area contributed by atoms with Gasteiger partial charge in [-0.3, -0.25) is 14.6 Å². The second-order valence-electron chi connectivity index (χ2n) is 6.39. The maximum atomic E-state index is 12.8. The van der Waals surface area contributed by atoms with Crippen molar-refractivity contribution in [3.8, 4) is 5.75 Å². The molecular weight excluding hydrogens is 372 g/mol. The smallest absolute Gasteiger partial charge is 0.295 e. The number of pyridine rings is 1. The number of rotatable bonds is 8. The summed E-state index contributed by atoms with van der Waals surface area (Å²) in [5.41, 5.74) is 1.14. The lowest BCUT2D eigenvalue weighted by molar-refractivity contribution is -0.140. The van der Waals surface area contributed by atoms with Gasteiger partial charge in [-0.2, -0.15) is 0 Å². The lowest BCUT2D eigenvalue weighted by Crippen LogP contribution is -2.32. The molecule has 1 aromatic heterocycles. The number of ketones is 1. The predicted molar refractivity (Wildman–Crippen MR) is 107 cm³/mol. The molecule has 1 aliphatic rings. The Bertz CT molecular complexity index is 922. The van der Waals surface area contributed by atoms with Crippen LogP contribution in [-0.2, 0) is 14.3 Å². The van der Waals surface area contributed by atoms with Crippen molar-refractivity contribution < 1.29 is 24.2 Å². The summed E-state index contributed by atoms with van der Waals surface area (Å²) < 4.78 is 10.5. The van der Waals surface area contributed by atoms with Gasteiger partial charge in [0.2, 0.25) is 0 Å². The van der Waals surface area contributed by atoms with E-state index in [0.717, 1.165) is 0 Å². The van der Waals surface area contributed by atoms with E-state index in [1.807, 2.05) is 0 Å². The molecule has 0 saturated carbocycles. The van der Waals surface area contributed by atoms with Crippen molar-refractivity contribution in [3.63, 3.8) is 0 Å². The first-order valence-electron chi connectivity index (χ1n) is 9.10. The van der Waals surface area contributed by atoms with Crippen molar-refractivity contribution >= 4 is 17.4 Å². The molecule has 0 unspecified atom stereocenters. The summed E-state index contributed by atoms with van der Waals surface area (Å²) in [4.78, 5) is 30.8. The monoisotopic (exact) mass is 394 g/mol. The third-order valence-electron chi connectivity index (χ3n) is 4.59. The van der Waals surface area contributed by atoms with Crippen LogP contribution in [0.1, 0.15) is 17.2 Å². The number of aliphatic hydroxyl groups is 1. The standard InChI is InChI=1S/C22H22N2O5/c1-3-13-29-17-6-4-16(5-7-17)20(25)18-19(15-8-10-23-11-9-15)24(12-14-28-2)22(27)21(18)26/h3-11,19,25H,1,12-14H2,2H3/t19-/m1/s1. The van der Waals surface area contributed by atoms with Crippen LogP contribution >= 0.6 is 0 Å². The van der Waals surface area contributed by atoms with Crippen LogP contribution in [0.3, 0.4) is 0 Å². The van der Waals surface area contributed by atoms with Gasteiger partial charge in [0.1, 0.15) is 18.1 Å². The Morgan fingerprint density at radius 2 is 1.90 bits per heavy atom. The Kier molecular flexibility index (Phi) is 6.41. The van der Waals surface area contributed by atoms with Crippen LogP contribution in [0.25, 0.3) is 5.76 Å². The first kappa shape index (κ1) is 20.3. The van der Waals surface area contributed by atoms with Crippen molar-refractivity contribution in [2.24, 2.45) is 0 Å². The zero-order valence-corrected chi connectivity index (χ0v) is 16.1. The fourth-order valence-electron chi connectivity index (χ4n) is 3.21. The number of hydrogen-bond donors (Lipinski definition) is 1. The fourth-order valence-corrected chi connectivity index (χ4v) is 3.21. The molecule has 0 radical (unpaired) electrons. The maximum Gasteiger partial charge on any atom is 0.295 e. The van der Waals surface area contributed by atoms with Crippen molar-refractivity contribution in [3.05, 3.63) is 78.1 Å². The Morgan fingerprint density at radius 1 is 1.21 bits per heavy atom. The molecule has 1 fully saturated rings. The van der Waals surface area contributed by atoms with E-state index in [-0.39, 0.29) is 24.5 Å². The average Bonchev–Trinajstić information content (AvgIpc) is 3.01. The van der Waals surface area contributed by atoms with Crippen LogP contribution in [0, 0.1) is 0 Å². The highest BCUT2D eigenvalue weighted by molar-refractivity contribution is 6.46. The van der Waals surface area contributed by atoms with E-state index in [4.69, 9.17) is 9.47 Å². The Morgan fingerprint density at radius 3 is 2.52 bits per heavy atom. The molecule has 29 heavy (non-hydrogen) atoms. The minimum atomic E-state index is -0.729. The van der Waals surface area contributed by atoms with Gasteiger partial charge in [-0.1, -0.05) is 12.7 Å². The third kappa shape index (κ3) is 4.20. The van der Waals surface area contributed by atoms with Crippen LogP contribution in [0.15, 0.2) is 67.0 Å². The second kappa shape index (κ2) is 9.16. The number of amides is 1. The number of hydrogen-bond acceptors (Lipinski definition) is 6. The molecule has 0 bridgehead atoms. The zero-order chi connectivity index (χ0) is 20.8. The minimum Gasteiger partial charge on any atom is -0.507 e. The van der Waals surface area contributed by atoms with Gasteiger partial charge in [0, 0.05) is 31.6 Å². The highest BCUT2D eigenvalue weighted by atomic mass is 16.5. The van der Waals surface area contributed by atoms with E-state index < -0.39 is 17.7 Å². The third-order valence-corrected chi connectivity index (χ3v) is 4.59. The van der Waals surface area contributed by atoms with Crippen LogP contribution in [0.2, 0.25) is 0 Å². The molecule has 1 atom stereocenters. The molecule has 2 aromatic rings. The summed E-state index contributed by atoms with van der Waals surface area (Å²) in [6, 6.07) is 9.36. The molecular formula is C22H22N2O5. The Hall–Kier alpha value is -3.45. The lowest BCUT2D eigenvalue weighted by Gasteiger charge is -2.24. The summed E-state index contributed by atoms with van der Waals surface area (Å²) in [5.74, 6) is -1.03. The SMILES string of the molecule is C=CCOc1ccc(C(O)=C2C(=O)C(=O)N(CCOC)[C@@H]2c2ccncc2)cc1. The Labute approximate surface area is 168 Å². The molecule has 1 aliphatic heterocycles. The molecule has 3 rings (SSSR count). The summed E-state index contributed by atoms with van der Waals surface area (Å²) in [6.07, 6.45) is 4.79. The highest BCUT2D eigenvalue weighted by Crippen LogP contribution is 2.39. The number of Topliss-reactive ketones (excluding diaryl/α,β-unsaturated/α-hetero) is 1. The van der Waals surface area contributed by atoms with Crippen molar-refractivity contribution in [2.75, 3.05) is 26.9 Å². The van der Waals surface area contributed by atoms with E-state index >= 15 is 0 Å². The number of carbonyl (C=O) groups is 2. The van der Waals surface area contributed by atoms with E-state index in [1.165, 1.54) is 12.0 Å². The largest absolute Gasteiger partial charge is 0.507 e. The molecule has 1 N–H and O–H groups in total. The summed E-state index contributed by atoms with van der Waals surface area (Å²) in [5, 5.41) is 10.9.